The summed E-state index contributed by atoms with van der Waals surface area (Å²) in [5.41, 5.74) is 1.00. The van der Waals surface area contributed by atoms with E-state index in [0.29, 0.717) is 16.3 Å². The lowest BCUT2D eigenvalue weighted by Crippen LogP contribution is -2.31. The Morgan fingerprint density at radius 3 is 2.50 bits per heavy atom. The second-order valence-corrected chi connectivity index (χ2v) is 10.2. The van der Waals surface area contributed by atoms with Gasteiger partial charge in [-0.05, 0) is 43.7 Å². The van der Waals surface area contributed by atoms with Gasteiger partial charge in [-0.2, -0.15) is 0 Å². The molecule has 2 rings (SSSR count). The second-order valence-electron chi connectivity index (χ2n) is 6.60. The van der Waals surface area contributed by atoms with E-state index in [2.05, 4.69) is 5.32 Å². The summed E-state index contributed by atoms with van der Waals surface area (Å²) in [5.74, 6) is -1.13. The van der Waals surface area contributed by atoms with Crippen LogP contribution >= 0.6 is 23.4 Å². The van der Waals surface area contributed by atoms with Crippen LogP contribution in [-0.2, 0) is 24.3 Å². The number of hydrogen-bond donors (Lipinski definition) is 1. The maximum atomic E-state index is 12.4. The molecule has 0 aliphatic carbocycles. The fraction of sp³-hybridized carbons (Fsp3) is 0.300. The van der Waals surface area contributed by atoms with E-state index >= 15 is 0 Å². The Kier molecular flexibility index (Phi) is 8.31. The van der Waals surface area contributed by atoms with Gasteiger partial charge in [0.1, 0.15) is 0 Å². The molecule has 2 aromatic carbocycles. The minimum atomic E-state index is -3.65. The third-order valence-electron chi connectivity index (χ3n) is 4.11. The lowest BCUT2D eigenvalue weighted by molar-refractivity contribution is -0.150. The number of benzene rings is 2. The van der Waals surface area contributed by atoms with Crippen molar-refractivity contribution in [2.24, 2.45) is 0 Å². The zero-order chi connectivity index (χ0) is 22.5. The molecule has 1 unspecified atom stereocenters. The number of amides is 1. The number of anilines is 1. The molecular weight excluding hydrogens is 448 g/mol. The summed E-state index contributed by atoms with van der Waals surface area (Å²) in [6.45, 7) is 3.18. The van der Waals surface area contributed by atoms with Crippen molar-refractivity contribution in [2.45, 2.75) is 29.7 Å². The third kappa shape index (κ3) is 6.21. The van der Waals surface area contributed by atoms with E-state index in [1.54, 1.807) is 31.2 Å². The zero-order valence-corrected chi connectivity index (χ0v) is 19.4. The number of carbonyl (C=O) groups is 2. The number of ether oxygens (including phenoxy) is 1. The van der Waals surface area contributed by atoms with Crippen LogP contribution in [0.5, 0.6) is 0 Å². The van der Waals surface area contributed by atoms with E-state index in [9.17, 15) is 18.0 Å². The number of sulfonamides is 1. The molecular formula is C20H23ClN2O5S2. The van der Waals surface area contributed by atoms with Crippen molar-refractivity contribution in [2.75, 3.05) is 25.2 Å². The average molecular weight is 471 g/mol. The van der Waals surface area contributed by atoms with Crippen LogP contribution in [0.2, 0.25) is 5.02 Å². The zero-order valence-electron chi connectivity index (χ0n) is 17.0. The fourth-order valence-electron chi connectivity index (χ4n) is 2.32. The number of nitrogens with zero attached hydrogens (tertiary/aromatic N) is 1. The highest BCUT2D eigenvalue weighted by atomic mass is 35.5. The quantitative estimate of drug-likeness (QED) is 0.468. The van der Waals surface area contributed by atoms with E-state index < -0.39 is 28.0 Å². The Hall–Kier alpha value is -2.07. The molecule has 0 spiro atoms. The van der Waals surface area contributed by atoms with Gasteiger partial charge in [-0.3, -0.25) is 9.59 Å². The van der Waals surface area contributed by atoms with Gasteiger partial charge in [0.05, 0.1) is 15.7 Å². The lowest BCUT2D eigenvalue weighted by atomic mass is 10.2. The van der Waals surface area contributed by atoms with Crippen LogP contribution in [0.15, 0.2) is 52.3 Å². The van der Waals surface area contributed by atoms with Crippen LogP contribution < -0.4 is 5.32 Å². The van der Waals surface area contributed by atoms with E-state index in [-0.39, 0.29) is 10.6 Å². The minimum Gasteiger partial charge on any atom is -0.452 e. The van der Waals surface area contributed by atoms with Crippen LogP contribution in [0.3, 0.4) is 0 Å². The molecule has 10 heteroatoms. The molecule has 30 heavy (non-hydrogen) atoms. The Balaban J connectivity index is 2.00. The molecule has 1 N–H and O–H groups in total. The molecule has 0 bridgehead atoms. The molecule has 0 radical (unpaired) electrons. The van der Waals surface area contributed by atoms with E-state index in [1.807, 2.05) is 6.07 Å². The van der Waals surface area contributed by atoms with Gasteiger partial charge in [0.25, 0.3) is 5.91 Å². The highest BCUT2D eigenvalue weighted by Crippen LogP contribution is 2.27. The van der Waals surface area contributed by atoms with Crippen molar-refractivity contribution < 1.29 is 22.7 Å². The molecule has 0 aromatic heterocycles. The molecule has 0 heterocycles. The lowest BCUT2D eigenvalue weighted by Gasteiger charge is -2.17. The average Bonchev–Trinajstić information content (AvgIpc) is 2.68. The summed E-state index contributed by atoms with van der Waals surface area (Å²) in [7, 11) is -0.793. The topological polar surface area (TPSA) is 92.8 Å². The maximum Gasteiger partial charge on any atom is 0.317 e. The number of halogens is 1. The monoisotopic (exact) mass is 470 g/mol. The molecule has 7 nitrogen and oxygen atoms in total. The predicted octanol–water partition coefficient (Wildman–Crippen LogP) is 3.56. The van der Waals surface area contributed by atoms with E-state index in [1.165, 1.54) is 44.9 Å². The van der Waals surface area contributed by atoms with Gasteiger partial charge in [-0.15, -0.1) is 11.8 Å². The Morgan fingerprint density at radius 1 is 1.20 bits per heavy atom. The first kappa shape index (κ1) is 24.2. The smallest absolute Gasteiger partial charge is 0.317 e. The first-order valence-corrected chi connectivity index (χ1v) is 11.7. The van der Waals surface area contributed by atoms with Gasteiger partial charge in [0, 0.05) is 24.7 Å². The number of aryl methyl sites for hydroxylation is 1. The SMILES string of the molecule is Cc1ccc(S(=O)(=O)N(C)C)cc1NC(=O)C(C)OC(=O)CSc1ccccc1Cl. The van der Waals surface area contributed by atoms with E-state index in [4.69, 9.17) is 16.3 Å². The molecule has 0 saturated heterocycles. The number of esters is 1. The van der Waals surface area contributed by atoms with Crippen molar-refractivity contribution in [3.05, 3.63) is 53.1 Å². The first-order valence-electron chi connectivity index (χ1n) is 8.93. The molecule has 0 aliphatic heterocycles. The van der Waals surface area contributed by atoms with Gasteiger partial charge in [0.15, 0.2) is 6.10 Å². The summed E-state index contributed by atoms with van der Waals surface area (Å²) in [5, 5.41) is 3.15. The summed E-state index contributed by atoms with van der Waals surface area (Å²) >= 11 is 7.26. The predicted molar refractivity (Wildman–Crippen MR) is 118 cm³/mol. The Bertz CT molecular complexity index is 1040. The van der Waals surface area contributed by atoms with Crippen molar-refractivity contribution in [1.82, 2.24) is 4.31 Å². The number of thioether (sulfide) groups is 1. The van der Waals surface area contributed by atoms with Gasteiger partial charge < -0.3 is 10.1 Å². The number of rotatable bonds is 8. The number of nitrogens with one attached hydrogen (secondary N) is 1. The summed E-state index contributed by atoms with van der Waals surface area (Å²) in [6.07, 6.45) is -1.06. The largest absolute Gasteiger partial charge is 0.452 e. The van der Waals surface area contributed by atoms with Crippen molar-refractivity contribution in [3.63, 3.8) is 0 Å². The highest BCUT2D eigenvalue weighted by molar-refractivity contribution is 8.00. The fourth-order valence-corrected chi connectivity index (χ4v) is 4.27. The number of hydrogen-bond acceptors (Lipinski definition) is 6. The Morgan fingerprint density at radius 2 is 1.87 bits per heavy atom. The summed E-state index contributed by atoms with van der Waals surface area (Å²) < 4.78 is 30.9. The normalized spacial score (nSPS) is 12.5. The molecule has 2 aromatic rings. The van der Waals surface area contributed by atoms with Crippen molar-refractivity contribution >= 4 is 50.9 Å². The molecule has 0 saturated carbocycles. The van der Waals surface area contributed by atoms with Gasteiger partial charge >= 0.3 is 5.97 Å². The summed E-state index contributed by atoms with van der Waals surface area (Å²) in [4.78, 5) is 25.3. The molecule has 1 amide bonds. The molecule has 162 valence electrons. The minimum absolute atomic E-state index is 0.00303. The van der Waals surface area contributed by atoms with Gasteiger partial charge in [-0.25, -0.2) is 12.7 Å². The Labute approximate surface area is 185 Å². The number of carbonyl (C=O) groups excluding carboxylic acids is 2. The van der Waals surface area contributed by atoms with Crippen LogP contribution in [0, 0.1) is 6.92 Å². The third-order valence-corrected chi connectivity index (χ3v) is 7.40. The highest BCUT2D eigenvalue weighted by Gasteiger charge is 2.22. The van der Waals surface area contributed by atoms with Crippen LogP contribution in [0.4, 0.5) is 5.69 Å². The van der Waals surface area contributed by atoms with Gasteiger partial charge in [-0.1, -0.05) is 29.8 Å². The maximum absolute atomic E-state index is 12.4. The van der Waals surface area contributed by atoms with Crippen molar-refractivity contribution in [3.8, 4) is 0 Å². The molecule has 0 aliphatic rings. The summed E-state index contributed by atoms with van der Waals surface area (Å²) in [6, 6.07) is 11.6. The molecule has 1 atom stereocenters. The van der Waals surface area contributed by atoms with Gasteiger partial charge in [0.2, 0.25) is 10.0 Å². The van der Waals surface area contributed by atoms with Crippen LogP contribution in [-0.4, -0.2) is 50.6 Å². The second kappa shape index (κ2) is 10.3. The standard InChI is InChI=1S/C20H23ClN2O5S2/c1-13-9-10-15(30(26,27)23(3)4)11-17(13)22-20(25)14(2)28-19(24)12-29-18-8-6-5-7-16(18)21/h5-11,14H,12H2,1-4H3,(H,22,25). The van der Waals surface area contributed by atoms with E-state index in [0.717, 1.165) is 9.20 Å². The van der Waals surface area contributed by atoms with Crippen LogP contribution in [0.25, 0.3) is 0 Å². The molecule has 0 fully saturated rings. The first-order chi connectivity index (χ1) is 14.0. The van der Waals surface area contributed by atoms with Crippen LogP contribution in [0.1, 0.15) is 12.5 Å². The van der Waals surface area contributed by atoms with Crippen molar-refractivity contribution in [1.29, 1.82) is 0 Å².